The molecule has 18 heavy (non-hydrogen) atoms. The van der Waals surface area contributed by atoms with Crippen molar-refractivity contribution in [1.82, 2.24) is 10.2 Å². The van der Waals surface area contributed by atoms with Crippen LogP contribution < -0.4 is 5.32 Å². The Hall–Kier alpha value is -0.930. The molecule has 2 nitrogen and oxygen atoms in total. The number of likely N-dealkylation sites (N-methyl/N-ethyl adjacent to an activating group) is 1. The van der Waals surface area contributed by atoms with E-state index in [0.29, 0.717) is 0 Å². The molecule has 1 heterocycles. The number of hydrogen-bond donors (Lipinski definition) is 1. The van der Waals surface area contributed by atoms with Crippen molar-refractivity contribution in [2.75, 3.05) is 27.2 Å². The van der Waals surface area contributed by atoms with Gasteiger partial charge in [0.05, 0.1) is 0 Å². The number of nitrogens with one attached hydrogen (secondary N) is 1. The quantitative estimate of drug-likeness (QED) is 0.863. The van der Waals surface area contributed by atoms with E-state index in [1.54, 1.807) is 12.1 Å². The Morgan fingerprint density at radius 3 is 2.56 bits per heavy atom. The van der Waals surface area contributed by atoms with E-state index in [4.69, 9.17) is 0 Å². The number of aryl methyl sites for hydroxylation is 1. The summed E-state index contributed by atoms with van der Waals surface area (Å²) in [5, 5.41) is 3.67. The van der Waals surface area contributed by atoms with Crippen LogP contribution in [0.5, 0.6) is 0 Å². The Balaban J connectivity index is 1.95. The van der Waals surface area contributed by atoms with Crippen molar-refractivity contribution in [3.8, 4) is 0 Å². The third-order valence-corrected chi connectivity index (χ3v) is 3.76. The summed E-state index contributed by atoms with van der Waals surface area (Å²) in [6.45, 7) is 2.20. The number of rotatable bonds is 5. The molecule has 0 radical (unpaired) electrons. The van der Waals surface area contributed by atoms with Crippen LogP contribution in [0.3, 0.4) is 0 Å². The van der Waals surface area contributed by atoms with Gasteiger partial charge in [-0.1, -0.05) is 12.1 Å². The SMILES string of the molecule is CN(C)CC1(CCc2ccc(F)cc2)CCCN1. The van der Waals surface area contributed by atoms with Crippen molar-refractivity contribution in [3.63, 3.8) is 0 Å². The third kappa shape index (κ3) is 3.53. The molecule has 0 saturated carbocycles. The molecule has 1 saturated heterocycles. The molecule has 0 spiro atoms. The van der Waals surface area contributed by atoms with Gasteiger partial charge >= 0.3 is 0 Å². The predicted octanol–water partition coefficient (Wildman–Crippen LogP) is 2.44. The molecule has 1 N–H and O–H groups in total. The van der Waals surface area contributed by atoms with Crippen molar-refractivity contribution >= 4 is 0 Å². The zero-order chi connectivity index (χ0) is 13.0. The summed E-state index contributed by atoms with van der Waals surface area (Å²) >= 11 is 0. The van der Waals surface area contributed by atoms with Gasteiger partial charge in [-0.15, -0.1) is 0 Å². The second-order valence-corrected chi connectivity index (χ2v) is 5.67. The smallest absolute Gasteiger partial charge is 0.123 e. The molecule has 1 aliphatic rings. The minimum atomic E-state index is -0.152. The topological polar surface area (TPSA) is 15.3 Å². The van der Waals surface area contributed by atoms with E-state index < -0.39 is 0 Å². The summed E-state index contributed by atoms with van der Waals surface area (Å²) in [5.74, 6) is -0.152. The predicted molar refractivity (Wildman–Crippen MR) is 73.2 cm³/mol. The average molecular weight is 250 g/mol. The Labute approximate surface area is 109 Å². The van der Waals surface area contributed by atoms with Gasteiger partial charge in [0.15, 0.2) is 0 Å². The van der Waals surface area contributed by atoms with Crippen molar-refractivity contribution in [3.05, 3.63) is 35.6 Å². The first-order chi connectivity index (χ1) is 8.60. The van der Waals surface area contributed by atoms with Crippen molar-refractivity contribution in [2.24, 2.45) is 0 Å². The summed E-state index contributed by atoms with van der Waals surface area (Å²) in [5.41, 5.74) is 1.47. The summed E-state index contributed by atoms with van der Waals surface area (Å²) in [6, 6.07) is 6.90. The van der Waals surface area contributed by atoms with Crippen LogP contribution in [-0.2, 0) is 6.42 Å². The Morgan fingerprint density at radius 2 is 2.00 bits per heavy atom. The molecule has 1 unspecified atom stereocenters. The molecule has 1 atom stereocenters. The van der Waals surface area contributed by atoms with Gasteiger partial charge in [-0.3, -0.25) is 0 Å². The van der Waals surface area contributed by atoms with Gasteiger partial charge in [-0.25, -0.2) is 4.39 Å². The van der Waals surface area contributed by atoms with E-state index in [9.17, 15) is 4.39 Å². The van der Waals surface area contributed by atoms with Gasteiger partial charge < -0.3 is 10.2 Å². The average Bonchev–Trinajstić information content (AvgIpc) is 2.76. The highest BCUT2D eigenvalue weighted by Gasteiger charge is 2.33. The van der Waals surface area contributed by atoms with Gasteiger partial charge in [0.1, 0.15) is 5.82 Å². The fraction of sp³-hybridized carbons (Fsp3) is 0.600. The summed E-state index contributed by atoms with van der Waals surface area (Å²) in [7, 11) is 4.25. The first kappa shape index (κ1) is 13.5. The van der Waals surface area contributed by atoms with Gasteiger partial charge in [-0.2, -0.15) is 0 Å². The Morgan fingerprint density at radius 1 is 1.28 bits per heavy atom. The number of nitrogens with zero attached hydrogens (tertiary/aromatic N) is 1. The van der Waals surface area contributed by atoms with E-state index >= 15 is 0 Å². The molecule has 1 aliphatic heterocycles. The van der Waals surface area contributed by atoms with Crippen LogP contribution >= 0.6 is 0 Å². The highest BCUT2D eigenvalue weighted by Crippen LogP contribution is 2.25. The molecule has 1 aromatic rings. The van der Waals surface area contributed by atoms with E-state index in [1.165, 1.54) is 18.4 Å². The lowest BCUT2D eigenvalue weighted by atomic mass is 9.89. The molecule has 0 bridgehead atoms. The van der Waals surface area contributed by atoms with Crippen LogP contribution in [0, 0.1) is 5.82 Å². The molecule has 3 heteroatoms. The Kier molecular flexibility index (Phi) is 4.36. The maximum Gasteiger partial charge on any atom is 0.123 e. The lowest BCUT2D eigenvalue weighted by Gasteiger charge is -2.32. The second-order valence-electron chi connectivity index (χ2n) is 5.67. The molecule has 0 aromatic heterocycles. The monoisotopic (exact) mass is 250 g/mol. The first-order valence-electron chi connectivity index (χ1n) is 6.74. The van der Waals surface area contributed by atoms with Crippen LogP contribution in [0.4, 0.5) is 4.39 Å². The molecule has 1 fully saturated rings. The maximum absolute atomic E-state index is 12.9. The highest BCUT2D eigenvalue weighted by atomic mass is 19.1. The lowest BCUT2D eigenvalue weighted by Crippen LogP contribution is -2.48. The molecule has 2 rings (SSSR count). The van der Waals surface area contributed by atoms with Gasteiger partial charge in [0.25, 0.3) is 0 Å². The minimum Gasteiger partial charge on any atom is -0.310 e. The third-order valence-electron chi connectivity index (χ3n) is 3.76. The molecular formula is C15H23FN2. The molecule has 100 valence electrons. The zero-order valence-corrected chi connectivity index (χ0v) is 11.4. The fourth-order valence-corrected chi connectivity index (χ4v) is 2.94. The largest absolute Gasteiger partial charge is 0.310 e. The van der Waals surface area contributed by atoms with Crippen molar-refractivity contribution < 1.29 is 4.39 Å². The summed E-state index contributed by atoms with van der Waals surface area (Å²) < 4.78 is 12.9. The number of benzene rings is 1. The van der Waals surface area contributed by atoms with Crippen molar-refractivity contribution in [1.29, 1.82) is 0 Å². The van der Waals surface area contributed by atoms with Crippen LogP contribution in [-0.4, -0.2) is 37.6 Å². The maximum atomic E-state index is 12.9. The van der Waals surface area contributed by atoms with E-state index in [1.807, 2.05) is 12.1 Å². The molecule has 0 amide bonds. The standard InChI is InChI=1S/C15H23FN2/c1-18(2)12-15(9-3-11-17-15)10-8-13-4-6-14(16)7-5-13/h4-7,17H,3,8-12H2,1-2H3. The summed E-state index contributed by atoms with van der Waals surface area (Å²) in [6.07, 6.45) is 4.64. The molecule has 1 aromatic carbocycles. The van der Waals surface area contributed by atoms with Crippen molar-refractivity contribution in [2.45, 2.75) is 31.2 Å². The van der Waals surface area contributed by atoms with Crippen LogP contribution in [0.25, 0.3) is 0 Å². The van der Waals surface area contributed by atoms with Crippen LogP contribution in [0.15, 0.2) is 24.3 Å². The van der Waals surface area contributed by atoms with Gasteiger partial charge in [0, 0.05) is 12.1 Å². The minimum absolute atomic E-state index is 0.152. The molecule has 0 aliphatic carbocycles. The first-order valence-corrected chi connectivity index (χ1v) is 6.74. The molecular weight excluding hydrogens is 227 g/mol. The zero-order valence-electron chi connectivity index (χ0n) is 11.4. The van der Waals surface area contributed by atoms with Gasteiger partial charge in [0.2, 0.25) is 0 Å². The van der Waals surface area contributed by atoms with E-state index in [0.717, 1.165) is 25.9 Å². The van der Waals surface area contributed by atoms with Crippen LogP contribution in [0.2, 0.25) is 0 Å². The van der Waals surface area contributed by atoms with E-state index in [2.05, 4.69) is 24.3 Å². The summed E-state index contributed by atoms with van der Waals surface area (Å²) in [4.78, 5) is 2.25. The van der Waals surface area contributed by atoms with E-state index in [-0.39, 0.29) is 11.4 Å². The van der Waals surface area contributed by atoms with Crippen LogP contribution in [0.1, 0.15) is 24.8 Å². The fourth-order valence-electron chi connectivity index (χ4n) is 2.94. The lowest BCUT2D eigenvalue weighted by molar-refractivity contribution is 0.243. The Bertz CT molecular complexity index is 367. The number of halogens is 1. The highest BCUT2D eigenvalue weighted by molar-refractivity contribution is 5.17. The van der Waals surface area contributed by atoms with Gasteiger partial charge in [-0.05, 0) is 64.0 Å². The number of hydrogen-bond acceptors (Lipinski definition) is 2. The normalized spacial score (nSPS) is 23.8. The second kappa shape index (κ2) is 5.81.